The van der Waals surface area contributed by atoms with Crippen LogP contribution < -0.4 is 4.18 Å². The number of aryl methyl sites for hydroxylation is 3. The Morgan fingerprint density at radius 2 is 1.63 bits per heavy atom. The maximum atomic E-state index is 13.1. The van der Waals surface area contributed by atoms with E-state index in [0.29, 0.717) is 40.6 Å². The van der Waals surface area contributed by atoms with E-state index in [2.05, 4.69) is 23.7 Å². The summed E-state index contributed by atoms with van der Waals surface area (Å²) < 4.78 is 68.0. The molecule has 2 aromatic carbocycles. The normalized spacial score (nSPS) is 11.9. The molecule has 0 saturated carbocycles. The number of aromatic nitrogens is 1. The van der Waals surface area contributed by atoms with Gasteiger partial charge in [0.05, 0.1) is 5.52 Å². The Morgan fingerprint density at radius 3 is 2.26 bits per heavy atom. The molecule has 0 unspecified atom stereocenters. The van der Waals surface area contributed by atoms with Gasteiger partial charge >= 0.3 is 15.6 Å². The van der Waals surface area contributed by atoms with Crippen LogP contribution in [0.3, 0.4) is 0 Å². The van der Waals surface area contributed by atoms with Crippen molar-refractivity contribution in [3.63, 3.8) is 0 Å². The van der Waals surface area contributed by atoms with Crippen molar-refractivity contribution in [2.24, 2.45) is 0 Å². The van der Waals surface area contributed by atoms with Crippen LogP contribution in [-0.4, -0.2) is 18.9 Å². The first-order valence-corrected chi connectivity index (χ1v) is 12.9. The first-order chi connectivity index (χ1) is 16.5. The highest BCUT2D eigenvalue weighted by atomic mass is 32.2. The Morgan fingerprint density at radius 1 is 0.943 bits per heavy atom. The Bertz CT molecular complexity index is 1390. The molecule has 0 aliphatic heterocycles. The third-order valence-corrected chi connectivity index (χ3v) is 7.00. The van der Waals surface area contributed by atoms with E-state index in [9.17, 15) is 21.6 Å². The molecule has 4 nitrogen and oxygen atoms in total. The minimum Gasteiger partial charge on any atom is -0.375 e. The summed E-state index contributed by atoms with van der Waals surface area (Å²) in [6.07, 6.45) is 5.41. The molecule has 35 heavy (non-hydrogen) atoms. The van der Waals surface area contributed by atoms with E-state index in [4.69, 9.17) is 4.18 Å². The van der Waals surface area contributed by atoms with E-state index in [1.165, 1.54) is 0 Å². The molecule has 3 rings (SSSR count). The molecule has 0 saturated heterocycles. The number of unbranched alkanes of at least 4 members (excludes halogenated alkanes) is 3. The summed E-state index contributed by atoms with van der Waals surface area (Å²) >= 11 is 0. The number of hydrogen-bond donors (Lipinski definition) is 0. The molecule has 0 bridgehead atoms. The van der Waals surface area contributed by atoms with Crippen LogP contribution in [-0.2, 0) is 16.5 Å². The summed E-state index contributed by atoms with van der Waals surface area (Å²) in [5.41, 5.74) is -1.39. The van der Waals surface area contributed by atoms with E-state index >= 15 is 0 Å². The molecule has 3 aromatic rings. The predicted octanol–water partition coefficient (Wildman–Crippen LogP) is 6.91. The molecule has 186 valence electrons. The van der Waals surface area contributed by atoms with E-state index in [1.807, 2.05) is 37.3 Å². The molecule has 8 heteroatoms. The minimum atomic E-state index is -5.82. The van der Waals surface area contributed by atoms with Crippen molar-refractivity contribution in [3.8, 4) is 17.6 Å². The van der Waals surface area contributed by atoms with Gasteiger partial charge in [-0.1, -0.05) is 56.2 Å². The van der Waals surface area contributed by atoms with Gasteiger partial charge in [-0.05, 0) is 62.4 Å². The number of hydrogen-bond acceptors (Lipinski definition) is 4. The molecule has 0 aliphatic carbocycles. The van der Waals surface area contributed by atoms with Gasteiger partial charge < -0.3 is 4.18 Å². The average molecular weight is 504 g/mol. The standard InChI is InChI=1S/C27H28F3NO3S/c1-5-6-7-11-14-23-25-24(18(2)19(3)26(23)34-35(32,33)27(28,29)30)20(4)22(17-31-25)16-15-21-12-9-8-10-13-21/h8-10,12-13,17H,5-7,11,14H2,1-4H3. The fourth-order valence-electron chi connectivity index (χ4n) is 4.00. The lowest BCUT2D eigenvalue weighted by atomic mass is 9.91. The molecule has 1 aromatic heterocycles. The van der Waals surface area contributed by atoms with Gasteiger partial charge in [0, 0.05) is 28.3 Å². The monoisotopic (exact) mass is 503 g/mol. The van der Waals surface area contributed by atoms with Crippen molar-refractivity contribution < 1.29 is 25.8 Å². The summed E-state index contributed by atoms with van der Waals surface area (Å²) in [6, 6.07) is 9.48. The van der Waals surface area contributed by atoms with Crippen molar-refractivity contribution in [1.82, 2.24) is 4.98 Å². The van der Waals surface area contributed by atoms with E-state index in [-0.39, 0.29) is 5.75 Å². The fraction of sp³-hybridized carbons (Fsp3) is 0.370. The van der Waals surface area contributed by atoms with E-state index in [0.717, 1.165) is 35.8 Å². The van der Waals surface area contributed by atoms with Gasteiger partial charge in [-0.15, -0.1) is 0 Å². The van der Waals surface area contributed by atoms with Crippen LogP contribution in [0.4, 0.5) is 13.2 Å². The van der Waals surface area contributed by atoms with Gasteiger partial charge in [-0.25, -0.2) is 0 Å². The van der Waals surface area contributed by atoms with Crippen molar-refractivity contribution in [3.05, 3.63) is 69.9 Å². The predicted molar refractivity (Wildman–Crippen MR) is 132 cm³/mol. The Hall–Kier alpha value is -3.05. The first-order valence-electron chi connectivity index (χ1n) is 11.5. The average Bonchev–Trinajstić information content (AvgIpc) is 2.80. The van der Waals surface area contributed by atoms with Gasteiger partial charge in [0.1, 0.15) is 0 Å². The molecular formula is C27H28F3NO3S. The maximum absolute atomic E-state index is 13.1. The van der Waals surface area contributed by atoms with Crippen LogP contribution >= 0.6 is 0 Å². The highest BCUT2D eigenvalue weighted by molar-refractivity contribution is 7.88. The number of nitrogens with zero attached hydrogens (tertiary/aromatic N) is 1. The van der Waals surface area contributed by atoms with Crippen molar-refractivity contribution >= 4 is 21.0 Å². The zero-order valence-corrected chi connectivity index (χ0v) is 21.0. The van der Waals surface area contributed by atoms with Crippen LogP contribution in [0.5, 0.6) is 5.75 Å². The summed E-state index contributed by atoms with van der Waals surface area (Å²) in [6.45, 7) is 7.25. The first kappa shape index (κ1) is 26.6. The molecule has 1 heterocycles. The third kappa shape index (κ3) is 5.79. The molecule has 0 radical (unpaired) electrons. The third-order valence-electron chi connectivity index (χ3n) is 6.05. The van der Waals surface area contributed by atoms with Crippen LogP contribution in [0.15, 0.2) is 36.5 Å². The van der Waals surface area contributed by atoms with Crippen LogP contribution in [0.2, 0.25) is 0 Å². The summed E-state index contributed by atoms with van der Waals surface area (Å²) in [7, 11) is -5.82. The van der Waals surface area contributed by atoms with Gasteiger partial charge in [-0.3, -0.25) is 4.98 Å². The second-order valence-corrected chi connectivity index (χ2v) is 10.0. The van der Waals surface area contributed by atoms with Gasteiger partial charge in [-0.2, -0.15) is 21.6 Å². The molecule has 0 amide bonds. The summed E-state index contributed by atoms with van der Waals surface area (Å²) in [5.74, 6) is 5.96. The molecule has 0 N–H and O–H groups in total. The van der Waals surface area contributed by atoms with Crippen molar-refractivity contribution in [2.75, 3.05) is 0 Å². The topological polar surface area (TPSA) is 56.3 Å². The van der Waals surface area contributed by atoms with Gasteiger partial charge in [0.2, 0.25) is 0 Å². The number of halogens is 3. The molecule has 0 fully saturated rings. The molecule has 0 aliphatic rings. The number of alkyl halides is 3. The fourth-order valence-corrected chi connectivity index (χ4v) is 4.54. The smallest absolute Gasteiger partial charge is 0.375 e. The SMILES string of the molecule is CCCCCCc1c(OS(=O)(=O)C(F)(F)F)c(C)c(C)c2c(C)c(C#Cc3ccccc3)cnc12. The summed E-state index contributed by atoms with van der Waals surface area (Å²) in [5, 5.41) is 0.754. The number of rotatable bonds is 7. The van der Waals surface area contributed by atoms with Crippen LogP contribution in [0, 0.1) is 32.6 Å². The zero-order valence-electron chi connectivity index (χ0n) is 20.2. The highest BCUT2D eigenvalue weighted by Crippen LogP contribution is 2.40. The largest absolute Gasteiger partial charge is 0.534 e. The van der Waals surface area contributed by atoms with Crippen LogP contribution in [0.1, 0.15) is 66.0 Å². The van der Waals surface area contributed by atoms with Crippen molar-refractivity contribution in [1.29, 1.82) is 0 Å². The van der Waals surface area contributed by atoms with Gasteiger partial charge in [0.25, 0.3) is 0 Å². The number of pyridine rings is 1. The summed E-state index contributed by atoms with van der Waals surface area (Å²) in [4.78, 5) is 4.55. The highest BCUT2D eigenvalue weighted by Gasteiger charge is 2.49. The zero-order chi connectivity index (χ0) is 25.8. The lowest BCUT2D eigenvalue weighted by Crippen LogP contribution is -2.29. The lowest BCUT2D eigenvalue weighted by molar-refractivity contribution is -0.0500. The Balaban J connectivity index is 2.21. The Kier molecular flexibility index (Phi) is 8.11. The quantitative estimate of drug-likeness (QED) is 0.152. The van der Waals surface area contributed by atoms with Crippen LogP contribution in [0.25, 0.3) is 10.9 Å². The Labute approximate surface area is 204 Å². The maximum Gasteiger partial charge on any atom is 0.534 e. The van der Waals surface area contributed by atoms with Gasteiger partial charge in [0.15, 0.2) is 5.75 Å². The second kappa shape index (κ2) is 10.7. The molecule has 0 atom stereocenters. The molecule has 0 spiro atoms. The number of fused-ring (bicyclic) bond motifs is 1. The lowest BCUT2D eigenvalue weighted by Gasteiger charge is -2.20. The second-order valence-electron chi connectivity index (χ2n) is 8.49. The van der Waals surface area contributed by atoms with Crippen molar-refractivity contribution in [2.45, 2.75) is 65.3 Å². The number of benzene rings is 2. The molecular weight excluding hydrogens is 475 g/mol. The van der Waals surface area contributed by atoms with E-state index < -0.39 is 15.6 Å². The minimum absolute atomic E-state index is 0.279. The van der Waals surface area contributed by atoms with E-state index in [1.54, 1.807) is 20.0 Å².